The van der Waals surface area contributed by atoms with Gasteiger partial charge in [-0.3, -0.25) is 9.59 Å². The third-order valence-electron chi connectivity index (χ3n) is 5.81. The topological polar surface area (TPSA) is 96.0 Å². The number of amides is 2. The smallest absolute Gasteiger partial charge is 0.251 e. The molecule has 0 aromatic heterocycles. The van der Waals surface area contributed by atoms with E-state index in [2.05, 4.69) is 5.32 Å². The van der Waals surface area contributed by atoms with E-state index < -0.39 is 10.0 Å². The first kappa shape index (κ1) is 22.4. The van der Waals surface area contributed by atoms with Crippen molar-refractivity contribution in [3.8, 4) is 0 Å². The molecule has 0 bridgehead atoms. The molecule has 0 radical (unpaired) electrons. The van der Waals surface area contributed by atoms with E-state index >= 15 is 0 Å². The first-order valence-corrected chi connectivity index (χ1v) is 12.2. The zero-order valence-corrected chi connectivity index (χ0v) is 18.6. The molecule has 8 nitrogen and oxygen atoms in total. The molecule has 4 rings (SSSR count). The second-order valence-electron chi connectivity index (χ2n) is 7.91. The van der Waals surface area contributed by atoms with E-state index in [0.717, 1.165) is 24.1 Å². The van der Waals surface area contributed by atoms with E-state index in [1.54, 1.807) is 0 Å². The third kappa shape index (κ3) is 5.01. The lowest BCUT2D eigenvalue weighted by Gasteiger charge is -2.26. The molecule has 2 heterocycles. The first-order chi connectivity index (χ1) is 15.4. The number of hydrogen-bond donors (Lipinski definition) is 1. The normalized spacial score (nSPS) is 17.5. The quantitative estimate of drug-likeness (QED) is 0.684. The summed E-state index contributed by atoms with van der Waals surface area (Å²) in [5, 5.41) is 2.89. The number of nitrogens with zero attached hydrogens (tertiary/aromatic N) is 2. The van der Waals surface area contributed by atoms with Crippen LogP contribution in [-0.4, -0.2) is 62.3 Å². The molecule has 2 aromatic rings. The van der Waals surface area contributed by atoms with Crippen LogP contribution >= 0.6 is 0 Å². The number of likely N-dealkylation sites (tertiary alicyclic amines) is 1. The van der Waals surface area contributed by atoms with Crippen molar-refractivity contribution in [2.24, 2.45) is 0 Å². The van der Waals surface area contributed by atoms with Gasteiger partial charge in [0.15, 0.2) is 0 Å². The van der Waals surface area contributed by atoms with Gasteiger partial charge in [0.1, 0.15) is 0 Å². The Morgan fingerprint density at radius 2 is 1.66 bits per heavy atom. The second-order valence-corrected chi connectivity index (χ2v) is 9.85. The second kappa shape index (κ2) is 9.81. The summed E-state index contributed by atoms with van der Waals surface area (Å²) < 4.78 is 32.1. The van der Waals surface area contributed by atoms with Crippen LogP contribution in [-0.2, 0) is 32.6 Å². The molecule has 2 saturated heterocycles. The maximum atomic E-state index is 12.7. The molecule has 2 fully saturated rings. The largest absolute Gasteiger partial charge is 0.379 e. The zero-order chi connectivity index (χ0) is 22.6. The van der Waals surface area contributed by atoms with Crippen LogP contribution in [0.4, 0.5) is 0 Å². The number of nitrogens with one attached hydrogen (secondary N) is 1. The van der Waals surface area contributed by atoms with Crippen molar-refractivity contribution in [2.75, 3.05) is 32.8 Å². The maximum Gasteiger partial charge on any atom is 0.251 e. The maximum absolute atomic E-state index is 12.7. The summed E-state index contributed by atoms with van der Waals surface area (Å²) in [4.78, 5) is 26.6. The first-order valence-electron chi connectivity index (χ1n) is 10.8. The van der Waals surface area contributed by atoms with Crippen LogP contribution in [0.1, 0.15) is 34.3 Å². The van der Waals surface area contributed by atoms with Gasteiger partial charge in [0, 0.05) is 44.7 Å². The summed E-state index contributed by atoms with van der Waals surface area (Å²) in [6, 6.07) is 13.7. The summed E-state index contributed by atoms with van der Waals surface area (Å²) in [6.07, 6.45) is 1.48. The SMILES string of the molecule is O=C(NCc1ccccc1CN1CCCC1=O)c1ccc(S(=O)(=O)N2CCOCC2)cc1. The Kier molecular flexibility index (Phi) is 6.88. The fourth-order valence-electron chi connectivity index (χ4n) is 3.95. The zero-order valence-electron chi connectivity index (χ0n) is 17.8. The van der Waals surface area contributed by atoms with Gasteiger partial charge in [-0.1, -0.05) is 24.3 Å². The summed E-state index contributed by atoms with van der Waals surface area (Å²) >= 11 is 0. The Bertz CT molecular complexity index is 1080. The van der Waals surface area contributed by atoms with Crippen LogP contribution in [0, 0.1) is 0 Å². The number of ether oxygens (including phenoxy) is 1. The van der Waals surface area contributed by atoms with E-state index in [9.17, 15) is 18.0 Å². The lowest BCUT2D eigenvalue weighted by molar-refractivity contribution is -0.128. The van der Waals surface area contributed by atoms with Crippen molar-refractivity contribution in [1.29, 1.82) is 0 Å². The molecular formula is C23H27N3O5S. The van der Waals surface area contributed by atoms with E-state index in [4.69, 9.17) is 4.74 Å². The number of morpholine rings is 1. The van der Waals surface area contributed by atoms with E-state index in [1.165, 1.54) is 28.6 Å². The van der Waals surface area contributed by atoms with Crippen molar-refractivity contribution in [2.45, 2.75) is 30.8 Å². The number of hydrogen-bond acceptors (Lipinski definition) is 5. The fraction of sp³-hybridized carbons (Fsp3) is 0.391. The summed E-state index contributed by atoms with van der Waals surface area (Å²) in [5.74, 6) is -0.122. The van der Waals surface area contributed by atoms with Gasteiger partial charge >= 0.3 is 0 Å². The van der Waals surface area contributed by atoms with Gasteiger partial charge in [0.05, 0.1) is 18.1 Å². The standard InChI is InChI=1S/C23H27N3O5S/c27-22-6-3-11-25(22)17-20-5-2-1-4-19(20)16-24-23(28)18-7-9-21(10-8-18)32(29,30)26-12-14-31-15-13-26/h1-2,4-5,7-10H,3,6,11-17H2,(H,24,28). The highest BCUT2D eigenvalue weighted by Crippen LogP contribution is 2.19. The van der Waals surface area contributed by atoms with Crippen molar-refractivity contribution in [3.63, 3.8) is 0 Å². The summed E-state index contributed by atoms with van der Waals surface area (Å²) in [5.41, 5.74) is 2.35. The van der Waals surface area contributed by atoms with Crippen LogP contribution in [0.5, 0.6) is 0 Å². The minimum absolute atomic E-state index is 0.163. The molecule has 9 heteroatoms. The molecule has 2 aliphatic heterocycles. The molecule has 0 aliphatic carbocycles. The van der Waals surface area contributed by atoms with Crippen LogP contribution in [0.3, 0.4) is 0 Å². The Morgan fingerprint density at radius 3 is 2.31 bits per heavy atom. The van der Waals surface area contributed by atoms with Gasteiger partial charge in [-0.2, -0.15) is 4.31 Å². The van der Waals surface area contributed by atoms with Crippen molar-refractivity contribution < 1.29 is 22.7 Å². The van der Waals surface area contributed by atoms with E-state index in [1.807, 2.05) is 29.2 Å². The highest BCUT2D eigenvalue weighted by molar-refractivity contribution is 7.89. The molecule has 0 atom stereocenters. The molecular weight excluding hydrogens is 430 g/mol. The van der Waals surface area contributed by atoms with Gasteiger partial charge in [0.25, 0.3) is 5.91 Å². The predicted molar refractivity (Wildman–Crippen MR) is 118 cm³/mol. The Balaban J connectivity index is 1.39. The van der Waals surface area contributed by atoms with Crippen molar-refractivity contribution in [1.82, 2.24) is 14.5 Å². The lowest BCUT2D eigenvalue weighted by Crippen LogP contribution is -2.40. The van der Waals surface area contributed by atoms with Crippen LogP contribution in [0.25, 0.3) is 0 Å². The Labute approximate surface area is 188 Å². The minimum atomic E-state index is -3.59. The number of benzene rings is 2. The minimum Gasteiger partial charge on any atom is -0.379 e. The van der Waals surface area contributed by atoms with Gasteiger partial charge in [-0.25, -0.2) is 8.42 Å². The highest BCUT2D eigenvalue weighted by atomic mass is 32.2. The van der Waals surface area contributed by atoms with Crippen LogP contribution < -0.4 is 5.32 Å². The fourth-order valence-corrected chi connectivity index (χ4v) is 5.36. The molecule has 1 N–H and O–H groups in total. The number of carbonyl (C=O) groups is 2. The lowest BCUT2D eigenvalue weighted by atomic mass is 10.1. The van der Waals surface area contributed by atoms with Gasteiger partial charge in [-0.15, -0.1) is 0 Å². The van der Waals surface area contributed by atoms with E-state index in [-0.39, 0.29) is 16.7 Å². The molecule has 0 unspecified atom stereocenters. The molecule has 2 aliphatic rings. The average molecular weight is 458 g/mol. The monoisotopic (exact) mass is 457 g/mol. The Morgan fingerprint density at radius 1 is 0.969 bits per heavy atom. The Hall–Kier alpha value is -2.75. The molecule has 32 heavy (non-hydrogen) atoms. The van der Waals surface area contributed by atoms with Crippen LogP contribution in [0.15, 0.2) is 53.4 Å². The number of rotatable bonds is 7. The number of carbonyl (C=O) groups excluding carboxylic acids is 2. The van der Waals surface area contributed by atoms with Crippen molar-refractivity contribution in [3.05, 3.63) is 65.2 Å². The molecule has 2 amide bonds. The van der Waals surface area contributed by atoms with E-state index in [0.29, 0.717) is 51.4 Å². The van der Waals surface area contributed by atoms with Gasteiger partial charge in [-0.05, 0) is 41.8 Å². The van der Waals surface area contributed by atoms with Crippen LogP contribution in [0.2, 0.25) is 0 Å². The summed E-state index contributed by atoms with van der Waals surface area (Å²) in [7, 11) is -3.59. The summed E-state index contributed by atoms with van der Waals surface area (Å²) in [6.45, 7) is 3.04. The number of sulfonamides is 1. The predicted octanol–water partition coefficient (Wildman–Crippen LogP) is 1.76. The molecule has 0 spiro atoms. The average Bonchev–Trinajstić information content (AvgIpc) is 3.23. The molecule has 170 valence electrons. The molecule has 0 saturated carbocycles. The van der Waals surface area contributed by atoms with Crippen molar-refractivity contribution >= 4 is 21.8 Å². The molecule has 2 aromatic carbocycles. The highest BCUT2D eigenvalue weighted by Gasteiger charge is 2.26. The van der Waals surface area contributed by atoms with Gasteiger partial charge < -0.3 is 15.0 Å². The van der Waals surface area contributed by atoms with Gasteiger partial charge in [0.2, 0.25) is 15.9 Å². The third-order valence-corrected chi connectivity index (χ3v) is 7.73.